The van der Waals surface area contributed by atoms with Crippen LogP contribution in [0.2, 0.25) is 0 Å². The topological polar surface area (TPSA) is 23.8 Å². The molecule has 0 N–H and O–H groups in total. The lowest BCUT2D eigenvalue weighted by Gasteiger charge is -2.22. The highest BCUT2D eigenvalue weighted by atomic mass is 14.4. The van der Waals surface area contributed by atoms with Crippen LogP contribution in [0.1, 0.15) is 23.1 Å². The summed E-state index contributed by atoms with van der Waals surface area (Å²) in [6, 6.07) is 21.3. The monoisotopic (exact) mass is 233 g/mol. The highest BCUT2D eigenvalue weighted by molar-refractivity contribution is 5.45. The predicted octanol–water partition coefficient (Wildman–Crippen LogP) is 3.64. The van der Waals surface area contributed by atoms with Crippen molar-refractivity contribution in [1.29, 1.82) is 5.26 Å². The largest absolute Gasteiger partial charge is 0.197 e. The minimum absolute atomic E-state index is 0.321. The third-order valence-electron chi connectivity index (χ3n) is 3.92. The summed E-state index contributed by atoms with van der Waals surface area (Å²) >= 11 is 0. The lowest BCUT2D eigenvalue weighted by molar-refractivity contribution is 0.541. The molecule has 0 heterocycles. The first-order valence-corrected chi connectivity index (χ1v) is 6.38. The molecule has 0 amide bonds. The van der Waals surface area contributed by atoms with E-state index in [0.717, 1.165) is 19.3 Å². The standard InChI is InChI=1S/C17H15N/c18-13-17(12-14-6-2-1-3-7-14)11-10-15-8-4-5-9-16(15)17/h1-9H,10-12H2. The Morgan fingerprint density at radius 2 is 1.72 bits per heavy atom. The second-order valence-electron chi connectivity index (χ2n) is 5.01. The Hall–Kier alpha value is -2.07. The van der Waals surface area contributed by atoms with Crippen molar-refractivity contribution in [1.82, 2.24) is 0 Å². The maximum atomic E-state index is 9.67. The predicted molar refractivity (Wildman–Crippen MR) is 72.2 cm³/mol. The molecule has 1 nitrogen and oxygen atoms in total. The highest BCUT2D eigenvalue weighted by Gasteiger charge is 2.38. The average Bonchev–Trinajstić information content (AvgIpc) is 2.80. The van der Waals surface area contributed by atoms with Gasteiger partial charge in [-0.3, -0.25) is 0 Å². The van der Waals surface area contributed by atoms with Gasteiger partial charge in [-0.15, -0.1) is 0 Å². The molecule has 0 fully saturated rings. The van der Waals surface area contributed by atoms with Gasteiger partial charge in [0.1, 0.15) is 0 Å². The molecule has 18 heavy (non-hydrogen) atoms. The van der Waals surface area contributed by atoms with Gasteiger partial charge in [0.25, 0.3) is 0 Å². The van der Waals surface area contributed by atoms with Crippen LogP contribution in [-0.4, -0.2) is 0 Å². The van der Waals surface area contributed by atoms with Crippen LogP contribution >= 0.6 is 0 Å². The van der Waals surface area contributed by atoms with Crippen LogP contribution < -0.4 is 0 Å². The van der Waals surface area contributed by atoms with Gasteiger partial charge < -0.3 is 0 Å². The smallest absolute Gasteiger partial charge is 0.0868 e. The molecule has 2 aromatic rings. The number of fused-ring (bicyclic) bond motifs is 1. The normalized spacial score (nSPS) is 21.3. The molecule has 0 saturated heterocycles. The molecular weight excluding hydrogens is 218 g/mol. The Bertz CT molecular complexity index is 595. The Morgan fingerprint density at radius 1 is 1.00 bits per heavy atom. The molecule has 0 bridgehead atoms. The van der Waals surface area contributed by atoms with E-state index in [2.05, 4.69) is 36.4 Å². The van der Waals surface area contributed by atoms with Gasteiger partial charge in [-0.05, 0) is 36.0 Å². The van der Waals surface area contributed by atoms with Gasteiger partial charge in [0, 0.05) is 0 Å². The minimum Gasteiger partial charge on any atom is -0.197 e. The van der Waals surface area contributed by atoms with Gasteiger partial charge in [0.2, 0.25) is 0 Å². The third kappa shape index (κ3) is 1.71. The minimum atomic E-state index is -0.321. The van der Waals surface area contributed by atoms with Crippen molar-refractivity contribution in [3.8, 4) is 6.07 Å². The molecular formula is C17H15N. The Kier molecular flexibility index (Phi) is 2.64. The SMILES string of the molecule is N#CC1(Cc2ccccc2)CCc2ccccc21. The number of nitrogens with zero attached hydrogens (tertiary/aromatic N) is 1. The van der Waals surface area contributed by atoms with Crippen molar-refractivity contribution < 1.29 is 0 Å². The summed E-state index contributed by atoms with van der Waals surface area (Å²) in [7, 11) is 0. The molecule has 0 spiro atoms. The fourth-order valence-electron chi connectivity index (χ4n) is 2.97. The number of aryl methyl sites for hydroxylation is 1. The number of hydrogen-bond donors (Lipinski definition) is 0. The van der Waals surface area contributed by atoms with Crippen LogP contribution in [0.25, 0.3) is 0 Å². The lowest BCUT2D eigenvalue weighted by atomic mass is 9.78. The van der Waals surface area contributed by atoms with Crippen LogP contribution in [0.4, 0.5) is 0 Å². The number of benzene rings is 2. The van der Waals surface area contributed by atoms with Crippen LogP contribution in [0.5, 0.6) is 0 Å². The van der Waals surface area contributed by atoms with E-state index in [1.807, 2.05) is 24.3 Å². The van der Waals surface area contributed by atoms with Crippen molar-refractivity contribution in [2.24, 2.45) is 0 Å². The van der Waals surface area contributed by atoms with E-state index in [1.54, 1.807) is 0 Å². The number of hydrogen-bond acceptors (Lipinski definition) is 1. The molecule has 0 saturated carbocycles. The summed E-state index contributed by atoms with van der Waals surface area (Å²) in [4.78, 5) is 0. The van der Waals surface area contributed by atoms with E-state index in [0.29, 0.717) is 0 Å². The zero-order valence-electron chi connectivity index (χ0n) is 10.3. The molecule has 2 aromatic carbocycles. The molecule has 1 aliphatic rings. The van der Waals surface area contributed by atoms with Crippen molar-refractivity contribution >= 4 is 0 Å². The first kappa shape index (κ1) is 11.0. The van der Waals surface area contributed by atoms with E-state index in [1.165, 1.54) is 16.7 Å². The van der Waals surface area contributed by atoms with Gasteiger partial charge in [-0.1, -0.05) is 54.6 Å². The summed E-state index contributed by atoms with van der Waals surface area (Å²) in [6.45, 7) is 0. The van der Waals surface area contributed by atoms with E-state index in [9.17, 15) is 5.26 Å². The molecule has 1 heteroatoms. The third-order valence-corrected chi connectivity index (χ3v) is 3.92. The van der Waals surface area contributed by atoms with Gasteiger partial charge in [-0.2, -0.15) is 5.26 Å². The maximum Gasteiger partial charge on any atom is 0.0868 e. The summed E-state index contributed by atoms with van der Waals surface area (Å²) in [6.07, 6.45) is 2.79. The molecule has 88 valence electrons. The van der Waals surface area contributed by atoms with Crippen LogP contribution in [0.15, 0.2) is 54.6 Å². The number of rotatable bonds is 2. The van der Waals surface area contributed by atoms with Gasteiger partial charge in [0.15, 0.2) is 0 Å². The van der Waals surface area contributed by atoms with E-state index in [-0.39, 0.29) is 5.41 Å². The second kappa shape index (κ2) is 4.31. The Balaban J connectivity index is 2.01. The maximum absolute atomic E-state index is 9.67. The van der Waals surface area contributed by atoms with E-state index < -0.39 is 0 Å². The fourth-order valence-corrected chi connectivity index (χ4v) is 2.97. The highest BCUT2D eigenvalue weighted by Crippen LogP contribution is 2.40. The van der Waals surface area contributed by atoms with Crippen molar-refractivity contribution in [2.45, 2.75) is 24.7 Å². The first-order valence-electron chi connectivity index (χ1n) is 6.38. The molecule has 0 aliphatic heterocycles. The van der Waals surface area contributed by atoms with Crippen LogP contribution in [0.3, 0.4) is 0 Å². The first-order chi connectivity index (χ1) is 8.84. The lowest BCUT2D eigenvalue weighted by Crippen LogP contribution is -2.23. The van der Waals surface area contributed by atoms with E-state index >= 15 is 0 Å². The van der Waals surface area contributed by atoms with Crippen LogP contribution in [0, 0.1) is 11.3 Å². The summed E-state index contributed by atoms with van der Waals surface area (Å²) in [5, 5.41) is 9.67. The van der Waals surface area contributed by atoms with Gasteiger partial charge in [0.05, 0.1) is 11.5 Å². The zero-order valence-corrected chi connectivity index (χ0v) is 10.3. The molecule has 3 rings (SSSR count). The van der Waals surface area contributed by atoms with E-state index in [4.69, 9.17) is 0 Å². The molecule has 1 atom stereocenters. The summed E-state index contributed by atoms with van der Waals surface area (Å²) in [5.41, 5.74) is 3.50. The molecule has 1 unspecified atom stereocenters. The average molecular weight is 233 g/mol. The molecule has 1 aliphatic carbocycles. The van der Waals surface area contributed by atoms with Gasteiger partial charge >= 0.3 is 0 Å². The van der Waals surface area contributed by atoms with Crippen molar-refractivity contribution in [2.75, 3.05) is 0 Å². The zero-order chi connectivity index (χ0) is 12.4. The second-order valence-corrected chi connectivity index (χ2v) is 5.01. The van der Waals surface area contributed by atoms with Crippen LogP contribution in [-0.2, 0) is 18.3 Å². The Morgan fingerprint density at radius 3 is 2.50 bits per heavy atom. The fraction of sp³-hybridized carbons (Fsp3) is 0.235. The van der Waals surface area contributed by atoms with Crippen molar-refractivity contribution in [3.05, 3.63) is 71.3 Å². The Labute approximate surface area is 108 Å². The molecule has 0 aromatic heterocycles. The number of nitriles is 1. The summed E-state index contributed by atoms with van der Waals surface area (Å²) in [5.74, 6) is 0. The summed E-state index contributed by atoms with van der Waals surface area (Å²) < 4.78 is 0. The van der Waals surface area contributed by atoms with Crippen molar-refractivity contribution in [3.63, 3.8) is 0 Å². The quantitative estimate of drug-likeness (QED) is 0.777. The van der Waals surface area contributed by atoms with Gasteiger partial charge in [-0.25, -0.2) is 0 Å². The molecule has 0 radical (unpaired) electrons.